The second-order valence-corrected chi connectivity index (χ2v) is 13.8. The summed E-state index contributed by atoms with van der Waals surface area (Å²) in [5.41, 5.74) is -0.0179. The normalized spacial score (nSPS) is 10.6. The van der Waals surface area contributed by atoms with E-state index in [9.17, 15) is 39.0 Å². The highest BCUT2D eigenvalue weighted by molar-refractivity contribution is 6.12. The maximum absolute atomic E-state index is 13.3. The van der Waals surface area contributed by atoms with Crippen LogP contribution in [0.3, 0.4) is 0 Å². The number of rotatable bonds is 19. The molecule has 0 aliphatic heterocycles. The van der Waals surface area contributed by atoms with Gasteiger partial charge >= 0.3 is 11.9 Å². The summed E-state index contributed by atoms with van der Waals surface area (Å²) in [7, 11) is 0. The van der Waals surface area contributed by atoms with E-state index in [2.05, 4.69) is 0 Å². The minimum Gasteiger partial charge on any atom is -0.507 e. The van der Waals surface area contributed by atoms with Crippen molar-refractivity contribution in [2.75, 3.05) is 13.2 Å². The number of aryl methyl sites for hydroxylation is 2. The van der Waals surface area contributed by atoms with E-state index >= 15 is 0 Å². The lowest BCUT2D eigenvalue weighted by Crippen LogP contribution is -2.28. The Labute approximate surface area is 348 Å². The highest BCUT2D eigenvalue weighted by Gasteiger charge is 2.23. The molecule has 60 heavy (non-hydrogen) atoms. The molecule has 13 heteroatoms. The smallest absolute Gasteiger partial charge is 0.343 e. The molecule has 5 aromatic rings. The molecule has 0 saturated carbocycles. The molecular weight excluding hydrogens is 769 g/mol. The van der Waals surface area contributed by atoms with Gasteiger partial charge in [-0.15, -0.1) is 0 Å². The van der Waals surface area contributed by atoms with E-state index in [0.29, 0.717) is 25.4 Å². The molecule has 2 N–H and O–H groups in total. The van der Waals surface area contributed by atoms with Crippen molar-refractivity contribution in [2.24, 2.45) is 0 Å². The van der Waals surface area contributed by atoms with E-state index in [1.807, 2.05) is 44.2 Å². The van der Waals surface area contributed by atoms with E-state index in [4.69, 9.17) is 14.2 Å². The summed E-state index contributed by atoms with van der Waals surface area (Å²) in [5, 5.41) is 20.3. The van der Waals surface area contributed by atoms with Crippen LogP contribution in [0.5, 0.6) is 17.2 Å². The highest BCUT2D eigenvalue weighted by atomic mass is 16.5. The molecule has 0 radical (unpaired) electrons. The number of nitrogens with zero attached hydrogens (tertiary/aromatic N) is 2. The molecule has 0 amide bonds. The van der Waals surface area contributed by atoms with E-state index in [0.717, 1.165) is 44.1 Å². The van der Waals surface area contributed by atoms with Crippen LogP contribution in [0.25, 0.3) is 0 Å². The van der Waals surface area contributed by atoms with Gasteiger partial charge in [-0.05, 0) is 74.7 Å². The molecule has 13 nitrogen and oxygen atoms in total. The van der Waals surface area contributed by atoms with Gasteiger partial charge in [-0.1, -0.05) is 82.0 Å². The van der Waals surface area contributed by atoms with Crippen molar-refractivity contribution in [3.63, 3.8) is 0 Å². The maximum Gasteiger partial charge on any atom is 0.343 e. The zero-order valence-electron chi connectivity index (χ0n) is 34.5. The first kappa shape index (κ1) is 45.9. The predicted molar refractivity (Wildman–Crippen MR) is 226 cm³/mol. The molecule has 5 rings (SSSR count). The first-order valence-corrected chi connectivity index (χ1v) is 20.1. The van der Waals surface area contributed by atoms with Crippen LogP contribution in [0, 0.1) is 0 Å². The van der Waals surface area contributed by atoms with Gasteiger partial charge in [0.25, 0.3) is 11.1 Å². The Balaban J connectivity index is 0.000000275. The number of hydrogen-bond acceptors (Lipinski definition) is 11. The Hall–Kier alpha value is -6.76. The van der Waals surface area contributed by atoms with E-state index in [-0.39, 0.29) is 58.1 Å². The molecule has 0 aliphatic carbocycles. The molecule has 0 unspecified atom stereocenters. The van der Waals surface area contributed by atoms with E-state index in [1.54, 1.807) is 32.0 Å². The number of aromatic nitrogens is 2. The number of hydrogen-bond donors (Lipinski definition) is 2. The number of para-hydroxylation sites is 1. The standard InChI is InChI=1S/C27H29NO6.C20H23NO5/c1-3-5-9-14-28-17-20(15-23(26(28)31)27(32)33-4-2)25(30)22-16-21(12-13-24(22)29)34-18-19-10-7-6-8-11-19;1-3-5-8-11-21-13-14(12-16(19(21)24)20(25)26-4-2)18(23)15-9-6-7-10-17(15)22/h6-8,10-13,15-17,29H,3-5,9,14,18H2,1-2H3;6-7,9-10,12-13,22H,3-5,8,11H2,1-2H3. The molecule has 0 aliphatic rings. The monoisotopic (exact) mass is 820 g/mol. The van der Waals surface area contributed by atoms with Crippen LogP contribution >= 0.6 is 0 Å². The number of phenols is 2. The molecule has 0 saturated heterocycles. The number of esters is 2. The molecule has 3 aromatic carbocycles. The van der Waals surface area contributed by atoms with Crippen molar-refractivity contribution in [1.29, 1.82) is 0 Å². The summed E-state index contributed by atoms with van der Waals surface area (Å²) < 4.78 is 18.5. The fraction of sp³-hybridized carbons (Fsp3) is 0.319. The SMILES string of the molecule is CCCCCn1cc(C(=O)c2cc(OCc3ccccc3)ccc2O)cc(C(=O)OCC)c1=O.CCCCCn1cc(C(=O)c2ccccc2O)cc(C(=O)OCC)c1=O. The Morgan fingerprint density at radius 1 is 0.550 bits per heavy atom. The Morgan fingerprint density at radius 2 is 1.03 bits per heavy atom. The minimum absolute atomic E-state index is 0.0131. The fourth-order valence-electron chi connectivity index (χ4n) is 6.13. The van der Waals surface area contributed by atoms with Crippen molar-refractivity contribution in [3.8, 4) is 17.2 Å². The van der Waals surface area contributed by atoms with Gasteiger partial charge in [0.2, 0.25) is 0 Å². The van der Waals surface area contributed by atoms with Crippen LogP contribution in [0.4, 0.5) is 0 Å². The van der Waals surface area contributed by atoms with Crippen molar-refractivity contribution in [2.45, 2.75) is 85.9 Å². The van der Waals surface area contributed by atoms with Gasteiger partial charge in [0.05, 0.1) is 24.3 Å². The molecule has 0 fully saturated rings. The summed E-state index contributed by atoms with van der Waals surface area (Å²) >= 11 is 0. The predicted octanol–water partition coefficient (Wildman–Crippen LogP) is 7.88. The average Bonchev–Trinajstić information content (AvgIpc) is 3.25. The van der Waals surface area contributed by atoms with E-state index < -0.39 is 34.6 Å². The Morgan fingerprint density at radius 3 is 1.53 bits per heavy atom. The fourth-order valence-corrected chi connectivity index (χ4v) is 6.13. The number of phenolic OH excluding ortho intramolecular Hbond substituents is 2. The summed E-state index contributed by atoms with van der Waals surface area (Å²) in [6.45, 7) is 8.69. The number of unbranched alkanes of at least 4 members (excludes halogenated alkanes) is 4. The molecular formula is C47H52N2O11. The molecule has 2 aromatic heterocycles. The van der Waals surface area contributed by atoms with Crippen molar-refractivity contribution in [3.05, 3.63) is 157 Å². The zero-order valence-corrected chi connectivity index (χ0v) is 34.5. The highest BCUT2D eigenvalue weighted by Crippen LogP contribution is 2.27. The van der Waals surface area contributed by atoms with Gasteiger partial charge in [-0.3, -0.25) is 19.2 Å². The first-order chi connectivity index (χ1) is 28.9. The Kier molecular flexibility index (Phi) is 17.6. The van der Waals surface area contributed by atoms with Gasteiger partial charge < -0.3 is 33.6 Å². The molecule has 2 heterocycles. The lowest BCUT2D eigenvalue weighted by atomic mass is 10.0. The number of carbonyl (C=O) groups excluding carboxylic acids is 4. The van der Waals surface area contributed by atoms with Crippen LogP contribution in [0.1, 0.15) is 124 Å². The van der Waals surface area contributed by atoms with Crippen molar-refractivity contribution in [1.82, 2.24) is 9.13 Å². The second-order valence-electron chi connectivity index (χ2n) is 13.8. The quantitative estimate of drug-likeness (QED) is 0.0470. The second kappa shape index (κ2) is 23.0. The van der Waals surface area contributed by atoms with Crippen LogP contribution in [-0.2, 0) is 29.2 Å². The molecule has 316 valence electrons. The lowest BCUT2D eigenvalue weighted by molar-refractivity contribution is 0.0513. The van der Waals surface area contributed by atoms with Gasteiger partial charge in [-0.2, -0.15) is 0 Å². The lowest BCUT2D eigenvalue weighted by Gasteiger charge is -2.13. The number of aromatic hydroxyl groups is 2. The van der Waals surface area contributed by atoms with E-state index in [1.165, 1.54) is 57.9 Å². The summed E-state index contributed by atoms with van der Waals surface area (Å²) in [6.07, 6.45) is 8.13. The molecule has 0 bridgehead atoms. The average molecular weight is 821 g/mol. The molecule has 0 spiro atoms. The minimum atomic E-state index is -0.782. The van der Waals surface area contributed by atoms with Gasteiger partial charge in [0.1, 0.15) is 35.0 Å². The number of ketones is 2. The number of ether oxygens (including phenoxy) is 3. The summed E-state index contributed by atoms with van der Waals surface area (Å²) in [5.74, 6) is -2.50. The molecule has 0 atom stereocenters. The van der Waals surface area contributed by atoms with Gasteiger partial charge in [0.15, 0.2) is 11.6 Å². The summed E-state index contributed by atoms with van der Waals surface area (Å²) in [4.78, 5) is 76.0. The number of benzene rings is 3. The van der Waals surface area contributed by atoms with Crippen LogP contribution in [0.2, 0.25) is 0 Å². The number of carbonyl (C=O) groups is 4. The first-order valence-electron chi connectivity index (χ1n) is 20.1. The zero-order chi connectivity index (χ0) is 43.6. The van der Waals surface area contributed by atoms with Crippen molar-refractivity contribution >= 4 is 23.5 Å². The maximum atomic E-state index is 13.3. The Bertz CT molecular complexity index is 2380. The van der Waals surface area contributed by atoms with Crippen molar-refractivity contribution < 1.29 is 43.6 Å². The summed E-state index contributed by atoms with van der Waals surface area (Å²) in [6, 6.07) is 22.6. The van der Waals surface area contributed by atoms with Crippen LogP contribution in [-0.4, -0.2) is 56.1 Å². The largest absolute Gasteiger partial charge is 0.507 e. The topological polar surface area (TPSA) is 180 Å². The van der Waals surface area contributed by atoms with Gasteiger partial charge in [0, 0.05) is 36.6 Å². The third-order valence-corrected chi connectivity index (χ3v) is 9.30. The van der Waals surface area contributed by atoms with Crippen LogP contribution < -0.4 is 15.9 Å². The van der Waals surface area contributed by atoms with Gasteiger partial charge in [-0.25, -0.2) is 9.59 Å². The number of pyridine rings is 2. The van der Waals surface area contributed by atoms with Crippen LogP contribution in [0.15, 0.2) is 107 Å². The third-order valence-electron chi connectivity index (χ3n) is 9.30. The third kappa shape index (κ3) is 12.4.